The Morgan fingerprint density at radius 2 is 2.26 bits per heavy atom. The van der Waals surface area contributed by atoms with Crippen LogP contribution in [-0.2, 0) is 4.74 Å². The number of pyridine rings is 1. The number of fused-ring (bicyclic) bond motifs is 1. The number of carbonyl (C=O) groups excluding carboxylic acids is 1. The maximum atomic E-state index is 12.6. The zero-order valence-corrected chi connectivity index (χ0v) is 10.9. The number of carbonyl (C=O) groups is 1. The quantitative estimate of drug-likeness (QED) is 0.830. The molecule has 5 nitrogen and oxygen atoms in total. The Kier molecular flexibility index (Phi) is 3.38. The summed E-state index contributed by atoms with van der Waals surface area (Å²) in [5, 5.41) is 0. The fourth-order valence-electron chi connectivity index (χ4n) is 3.10. The topological polar surface area (TPSA) is 68.5 Å². The Labute approximate surface area is 112 Å². The van der Waals surface area contributed by atoms with Crippen LogP contribution >= 0.6 is 0 Å². The summed E-state index contributed by atoms with van der Waals surface area (Å²) in [4.78, 5) is 18.5. The van der Waals surface area contributed by atoms with Gasteiger partial charge in [0, 0.05) is 18.3 Å². The van der Waals surface area contributed by atoms with Crippen molar-refractivity contribution in [1.82, 2.24) is 9.88 Å². The summed E-state index contributed by atoms with van der Waals surface area (Å²) in [6, 6.07) is 3.60. The molecule has 19 heavy (non-hydrogen) atoms. The third-order valence-electron chi connectivity index (χ3n) is 4.02. The van der Waals surface area contributed by atoms with Crippen molar-refractivity contribution in [3.05, 3.63) is 23.9 Å². The molecule has 2 fully saturated rings. The van der Waals surface area contributed by atoms with Crippen LogP contribution in [0.2, 0.25) is 0 Å². The Morgan fingerprint density at radius 3 is 3.11 bits per heavy atom. The normalized spacial score (nSPS) is 26.8. The van der Waals surface area contributed by atoms with Gasteiger partial charge in [0.2, 0.25) is 0 Å². The number of ether oxygens (including phenoxy) is 1. The van der Waals surface area contributed by atoms with E-state index < -0.39 is 0 Å². The SMILES string of the molecule is Nc1cc(C(=O)N2CCOC3CCCCC32)ccn1. The molecule has 3 rings (SSSR count). The number of nitrogens with two attached hydrogens (primary N) is 1. The molecule has 5 heteroatoms. The van der Waals surface area contributed by atoms with Crippen molar-refractivity contribution in [2.24, 2.45) is 0 Å². The van der Waals surface area contributed by atoms with Gasteiger partial charge in [-0.1, -0.05) is 12.8 Å². The van der Waals surface area contributed by atoms with Gasteiger partial charge >= 0.3 is 0 Å². The fraction of sp³-hybridized carbons (Fsp3) is 0.571. The Morgan fingerprint density at radius 1 is 1.42 bits per heavy atom. The molecule has 2 unspecified atom stereocenters. The maximum Gasteiger partial charge on any atom is 0.254 e. The molecule has 0 radical (unpaired) electrons. The van der Waals surface area contributed by atoms with Gasteiger partial charge < -0.3 is 15.4 Å². The Bertz CT molecular complexity index is 476. The molecule has 2 aliphatic rings. The van der Waals surface area contributed by atoms with Crippen LogP contribution in [-0.4, -0.2) is 41.1 Å². The van der Waals surface area contributed by atoms with E-state index in [0.29, 0.717) is 24.5 Å². The molecule has 1 aliphatic heterocycles. The lowest BCUT2D eigenvalue weighted by Gasteiger charge is -2.43. The van der Waals surface area contributed by atoms with Crippen molar-refractivity contribution in [3.8, 4) is 0 Å². The molecular weight excluding hydrogens is 242 g/mol. The van der Waals surface area contributed by atoms with Crippen molar-refractivity contribution in [2.45, 2.75) is 37.8 Å². The van der Waals surface area contributed by atoms with Gasteiger partial charge in [-0.05, 0) is 25.0 Å². The number of morpholine rings is 1. The van der Waals surface area contributed by atoms with Crippen molar-refractivity contribution in [3.63, 3.8) is 0 Å². The first kappa shape index (κ1) is 12.4. The largest absolute Gasteiger partial charge is 0.384 e. The molecule has 1 aromatic rings. The van der Waals surface area contributed by atoms with Crippen LogP contribution in [0.1, 0.15) is 36.0 Å². The highest BCUT2D eigenvalue weighted by molar-refractivity contribution is 5.95. The Balaban J connectivity index is 1.82. The first-order valence-corrected chi connectivity index (χ1v) is 6.90. The summed E-state index contributed by atoms with van der Waals surface area (Å²) < 4.78 is 5.79. The van der Waals surface area contributed by atoms with E-state index in [0.717, 1.165) is 12.8 Å². The Hall–Kier alpha value is -1.62. The van der Waals surface area contributed by atoms with Crippen LogP contribution in [0.25, 0.3) is 0 Å². The molecule has 2 N–H and O–H groups in total. The average Bonchev–Trinajstić information content (AvgIpc) is 2.46. The van der Waals surface area contributed by atoms with E-state index in [1.165, 1.54) is 12.8 Å². The highest BCUT2D eigenvalue weighted by Crippen LogP contribution is 2.29. The van der Waals surface area contributed by atoms with E-state index in [-0.39, 0.29) is 18.1 Å². The van der Waals surface area contributed by atoms with Gasteiger partial charge in [-0.3, -0.25) is 4.79 Å². The van der Waals surface area contributed by atoms with Gasteiger partial charge in [-0.2, -0.15) is 0 Å². The molecule has 0 spiro atoms. The van der Waals surface area contributed by atoms with E-state index >= 15 is 0 Å². The molecule has 1 saturated carbocycles. The lowest BCUT2D eigenvalue weighted by atomic mass is 9.90. The summed E-state index contributed by atoms with van der Waals surface area (Å²) >= 11 is 0. The van der Waals surface area contributed by atoms with Gasteiger partial charge in [-0.15, -0.1) is 0 Å². The maximum absolute atomic E-state index is 12.6. The molecule has 1 aliphatic carbocycles. The second-order valence-corrected chi connectivity index (χ2v) is 5.23. The van der Waals surface area contributed by atoms with E-state index in [9.17, 15) is 4.79 Å². The van der Waals surface area contributed by atoms with Gasteiger partial charge in [0.25, 0.3) is 5.91 Å². The first-order chi connectivity index (χ1) is 9.25. The number of anilines is 1. The molecule has 0 bridgehead atoms. The smallest absolute Gasteiger partial charge is 0.254 e. The van der Waals surface area contributed by atoms with Crippen molar-refractivity contribution in [2.75, 3.05) is 18.9 Å². The number of aromatic nitrogens is 1. The molecule has 2 heterocycles. The standard InChI is InChI=1S/C14H19N3O2/c15-13-9-10(5-6-16-13)14(18)17-7-8-19-12-4-2-1-3-11(12)17/h5-6,9,11-12H,1-4,7-8H2,(H2,15,16). The lowest BCUT2D eigenvalue weighted by Crippen LogP contribution is -2.54. The lowest BCUT2D eigenvalue weighted by molar-refractivity contribution is -0.0752. The van der Waals surface area contributed by atoms with Crippen molar-refractivity contribution in [1.29, 1.82) is 0 Å². The summed E-state index contributed by atoms with van der Waals surface area (Å²) in [6.07, 6.45) is 6.27. The van der Waals surface area contributed by atoms with E-state index in [4.69, 9.17) is 10.5 Å². The van der Waals surface area contributed by atoms with E-state index in [1.807, 2.05) is 4.90 Å². The molecule has 2 atom stereocenters. The van der Waals surface area contributed by atoms with Crippen molar-refractivity contribution >= 4 is 11.7 Å². The molecule has 0 aromatic carbocycles. The van der Waals surface area contributed by atoms with E-state index in [1.54, 1.807) is 18.3 Å². The monoisotopic (exact) mass is 261 g/mol. The number of nitrogens with zero attached hydrogens (tertiary/aromatic N) is 2. The summed E-state index contributed by atoms with van der Waals surface area (Å²) in [5.74, 6) is 0.439. The molecule has 102 valence electrons. The van der Waals surface area contributed by atoms with Gasteiger partial charge in [0.05, 0.1) is 18.8 Å². The number of hydrogen-bond donors (Lipinski definition) is 1. The average molecular weight is 261 g/mol. The first-order valence-electron chi connectivity index (χ1n) is 6.90. The second kappa shape index (κ2) is 5.17. The zero-order valence-electron chi connectivity index (χ0n) is 10.9. The zero-order chi connectivity index (χ0) is 13.2. The van der Waals surface area contributed by atoms with Gasteiger partial charge in [-0.25, -0.2) is 4.98 Å². The summed E-state index contributed by atoms with van der Waals surface area (Å²) in [7, 11) is 0. The van der Waals surface area contributed by atoms with Gasteiger partial charge in [0.15, 0.2) is 0 Å². The third-order valence-corrected chi connectivity index (χ3v) is 4.02. The third kappa shape index (κ3) is 2.42. The molecular formula is C14H19N3O2. The minimum absolute atomic E-state index is 0.0503. The van der Waals surface area contributed by atoms with Crippen LogP contribution < -0.4 is 5.73 Å². The van der Waals surface area contributed by atoms with Crippen LogP contribution in [0.4, 0.5) is 5.82 Å². The van der Waals surface area contributed by atoms with Crippen LogP contribution in [0.15, 0.2) is 18.3 Å². The van der Waals surface area contributed by atoms with Crippen molar-refractivity contribution < 1.29 is 9.53 Å². The molecule has 1 saturated heterocycles. The van der Waals surface area contributed by atoms with Gasteiger partial charge in [0.1, 0.15) is 5.82 Å². The second-order valence-electron chi connectivity index (χ2n) is 5.23. The number of amides is 1. The van der Waals surface area contributed by atoms with Crippen LogP contribution in [0.3, 0.4) is 0 Å². The van der Waals surface area contributed by atoms with Crippen LogP contribution in [0.5, 0.6) is 0 Å². The highest BCUT2D eigenvalue weighted by Gasteiger charge is 2.36. The molecule has 1 aromatic heterocycles. The van der Waals surface area contributed by atoms with Crippen LogP contribution in [0, 0.1) is 0 Å². The fourth-order valence-corrected chi connectivity index (χ4v) is 3.10. The minimum Gasteiger partial charge on any atom is -0.384 e. The predicted octanol–water partition coefficient (Wildman–Crippen LogP) is 1.45. The predicted molar refractivity (Wildman–Crippen MR) is 71.7 cm³/mol. The minimum atomic E-state index is 0.0503. The summed E-state index contributed by atoms with van der Waals surface area (Å²) in [5.41, 5.74) is 6.28. The number of nitrogen functional groups attached to an aromatic ring is 1. The van der Waals surface area contributed by atoms with E-state index in [2.05, 4.69) is 4.98 Å². The number of hydrogen-bond acceptors (Lipinski definition) is 4. The summed E-state index contributed by atoms with van der Waals surface area (Å²) in [6.45, 7) is 1.30. The highest BCUT2D eigenvalue weighted by atomic mass is 16.5. The molecule has 1 amide bonds. The number of rotatable bonds is 1.